The topological polar surface area (TPSA) is 63.2 Å². The lowest BCUT2D eigenvalue weighted by atomic mass is 9.87. The van der Waals surface area contributed by atoms with E-state index < -0.39 is 0 Å². The number of aryl methyl sites for hydroxylation is 3. The van der Waals surface area contributed by atoms with Crippen LogP contribution in [0.3, 0.4) is 0 Å². The Labute approximate surface area is 176 Å². The Kier molecular flexibility index (Phi) is 5.03. The van der Waals surface area contributed by atoms with Crippen LogP contribution >= 0.6 is 0 Å². The molecule has 1 aliphatic heterocycles. The van der Waals surface area contributed by atoms with Gasteiger partial charge in [-0.15, -0.1) is 0 Å². The van der Waals surface area contributed by atoms with Crippen molar-refractivity contribution in [3.8, 4) is 0 Å². The molecule has 0 unspecified atom stereocenters. The number of amides is 1. The van der Waals surface area contributed by atoms with E-state index in [1.807, 2.05) is 11.0 Å². The van der Waals surface area contributed by atoms with Crippen molar-refractivity contribution in [2.45, 2.75) is 38.5 Å². The summed E-state index contributed by atoms with van der Waals surface area (Å²) in [6.07, 6.45) is 9.79. The number of nitrogens with zero attached hydrogens (tertiary/aromatic N) is 3. The molecule has 1 aromatic heterocycles. The van der Waals surface area contributed by atoms with E-state index in [2.05, 4.69) is 34.2 Å². The van der Waals surface area contributed by atoms with E-state index in [0.717, 1.165) is 48.9 Å². The first-order valence-electron chi connectivity index (χ1n) is 10.8. The molecule has 5 heteroatoms. The minimum atomic E-state index is -0.127. The van der Waals surface area contributed by atoms with E-state index in [4.69, 9.17) is 0 Å². The molecule has 1 amide bonds. The smallest absolute Gasteiger partial charge is 0.222 e. The molecular weight excluding hydrogens is 374 g/mol. The molecule has 1 saturated heterocycles. The van der Waals surface area contributed by atoms with E-state index in [9.17, 15) is 9.59 Å². The third kappa shape index (κ3) is 3.49. The summed E-state index contributed by atoms with van der Waals surface area (Å²) in [6.45, 7) is 1.24. The molecule has 1 fully saturated rings. The van der Waals surface area contributed by atoms with Gasteiger partial charge in [0.15, 0.2) is 5.78 Å². The third-order valence-corrected chi connectivity index (χ3v) is 6.50. The molecule has 0 bridgehead atoms. The average Bonchev–Trinajstić information content (AvgIpc) is 3.23. The van der Waals surface area contributed by atoms with Crippen LogP contribution in [0.2, 0.25) is 0 Å². The fourth-order valence-electron chi connectivity index (χ4n) is 4.95. The van der Waals surface area contributed by atoms with Gasteiger partial charge in [-0.3, -0.25) is 19.6 Å². The van der Waals surface area contributed by atoms with Crippen LogP contribution in [0.4, 0.5) is 0 Å². The van der Waals surface area contributed by atoms with Crippen LogP contribution in [0.5, 0.6) is 0 Å². The zero-order valence-electron chi connectivity index (χ0n) is 17.0. The second-order valence-electron chi connectivity index (χ2n) is 8.35. The van der Waals surface area contributed by atoms with Gasteiger partial charge in [0.2, 0.25) is 5.91 Å². The number of carbonyl (C=O) groups excluding carboxylic acids is 2. The van der Waals surface area contributed by atoms with Gasteiger partial charge >= 0.3 is 0 Å². The van der Waals surface area contributed by atoms with Gasteiger partial charge in [0.05, 0.1) is 5.69 Å². The van der Waals surface area contributed by atoms with Gasteiger partial charge in [0.1, 0.15) is 0 Å². The first-order chi connectivity index (χ1) is 14.7. The fraction of sp³-hybridized carbons (Fsp3) is 0.360. The van der Waals surface area contributed by atoms with E-state index in [-0.39, 0.29) is 17.6 Å². The van der Waals surface area contributed by atoms with E-state index in [1.54, 1.807) is 18.6 Å². The summed E-state index contributed by atoms with van der Waals surface area (Å²) >= 11 is 0. The molecule has 0 radical (unpaired) electrons. The molecule has 3 aromatic rings. The molecule has 1 aliphatic carbocycles. The maximum atomic E-state index is 13.4. The van der Waals surface area contributed by atoms with E-state index >= 15 is 0 Å². The molecule has 0 saturated carbocycles. The lowest BCUT2D eigenvalue weighted by molar-refractivity contribution is -0.132. The number of hydrogen-bond acceptors (Lipinski definition) is 4. The van der Waals surface area contributed by atoms with E-state index in [1.165, 1.54) is 16.5 Å². The SMILES string of the molecule is O=C(c1ccc2c3c(cccc13)CC2)[C@@H]1CCCN(C(=O)CCc2cnccn2)C1. The highest BCUT2D eigenvalue weighted by molar-refractivity contribution is 6.11. The van der Waals surface area contributed by atoms with Gasteiger partial charge in [-0.05, 0) is 54.0 Å². The molecule has 152 valence electrons. The summed E-state index contributed by atoms with van der Waals surface area (Å²) in [5.41, 5.74) is 4.34. The Morgan fingerprint density at radius 2 is 1.93 bits per heavy atom. The quantitative estimate of drug-likeness (QED) is 0.613. The minimum absolute atomic E-state index is 0.0959. The summed E-state index contributed by atoms with van der Waals surface area (Å²) in [5.74, 6) is 0.147. The predicted molar refractivity (Wildman–Crippen MR) is 115 cm³/mol. The number of hydrogen-bond donors (Lipinski definition) is 0. The van der Waals surface area contributed by atoms with Crippen LogP contribution < -0.4 is 0 Å². The highest BCUT2D eigenvalue weighted by Crippen LogP contribution is 2.34. The van der Waals surface area contributed by atoms with Crippen molar-refractivity contribution < 1.29 is 9.59 Å². The zero-order valence-corrected chi connectivity index (χ0v) is 17.0. The second-order valence-corrected chi connectivity index (χ2v) is 8.35. The normalized spacial score (nSPS) is 18.0. The van der Waals surface area contributed by atoms with Crippen molar-refractivity contribution >= 4 is 22.5 Å². The third-order valence-electron chi connectivity index (χ3n) is 6.50. The van der Waals surface area contributed by atoms with Crippen LogP contribution in [0.15, 0.2) is 48.9 Å². The molecule has 30 heavy (non-hydrogen) atoms. The summed E-state index contributed by atoms with van der Waals surface area (Å²) in [6, 6.07) is 10.4. The first kappa shape index (κ1) is 18.9. The van der Waals surface area contributed by atoms with Crippen molar-refractivity contribution in [1.29, 1.82) is 0 Å². The van der Waals surface area contributed by atoms with Crippen molar-refractivity contribution in [3.63, 3.8) is 0 Å². The van der Waals surface area contributed by atoms with Crippen molar-refractivity contribution in [3.05, 3.63) is 71.3 Å². The monoisotopic (exact) mass is 399 g/mol. The maximum absolute atomic E-state index is 13.4. The Balaban J connectivity index is 1.31. The molecule has 0 spiro atoms. The Bertz CT molecular complexity index is 1100. The number of piperidine rings is 1. The molecule has 2 aliphatic rings. The van der Waals surface area contributed by atoms with Gasteiger partial charge < -0.3 is 4.90 Å². The number of ketones is 1. The largest absolute Gasteiger partial charge is 0.342 e. The van der Waals surface area contributed by atoms with Crippen LogP contribution in [0.25, 0.3) is 10.8 Å². The number of rotatable bonds is 5. The zero-order chi connectivity index (χ0) is 20.5. The van der Waals surface area contributed by atoms with Crippen LogP contribution in [-0.4, -0.2) is 39.6 Å². The van der Waals surface area contributed by atoms with Gasteiger partial charge in [-0.2, -0.15) is 0 Å². The molecule has 0 N–H and O–H groups in total. The summed E-state index contributed by atoms with van der Waals surface area (Å²) in [4.78, 5) is 36.4. The highest BCUT2D eigenvalue weighted by atomic mass is 16.2. The summed E-state index contributed by atoms with van der Waals surface area (Å²) in [5, 5.41) is 2.36. The number of carbonyl (C=O) groups is 2. The molecule has 2 heterocycles. The number of benzene rings is 2. The van der Waals surface area contributed by atoms with Gasteiger partial charge in [-0.1, -0.05) is 30.3 Å². The molecular formula is C25H25N3O2. The van der Waals surface area contributed by atoms with Crippen molar-refractivity contribution in [2.24, 2.45) is 5.92 Å². The molecule has 5 rings (SSSR count). The van der Waals surface area contributed by atoms with Crippen LogP contribution in [-0.2, 0) is 24.1 Å². The number of aromatic nitrogens is 2. The van der Waals surface area contributed by atoms with Crippen LogP contribution in [0.1, 0.15) is 46.4 Å². The second kappa shape index (κ2) is 7.98. The molecule has 5 nitrogen and oxygen atoms in total. The Morgan fingerprint density at radius 3 is 2.77 bits per heavy atom. The minimum Gasteiger partial charge on any atom is -0.342 e. The maximum Gasteiger partial charge on any atom is 0.222 e. The van der Waals surface area contributed by atoms with Crippen molar-refractivity contribution in [1.82, 2.24) is 14.9 Å². The Hall–Kier alpha value is -3.08. The standard InChI is InChI=1S/C25H25N3O2/c29-23(11-9-20-15-26-12-13-27-20)28-14-2-4-19(16-28)25(30)22-10-8-18-7-6-17-3-1-5-21(22)24(17)18/h1,3,5,8,10,12-13,15,19H,2,4,6-7,9,11,14,16H2/t19-/m1/s1. The summed E-state index contributed by atoms with van der Waals surface area (Å²) in [7, 11) is 0. The fourth-order valence-corrected chi connectivity index (χ4v) is 4.95. The van der Waals surface area contributed by atoms with Gasteiger partial charge in [0.25, 0.3) is 0 Å². The average molecular weight is 399 g/mol. The molecule has 1 atom stereocenters. The van der Waals surface area contributed by atoms with E-state index in [0.29, 0.717) is 19.4 Å². The molecule has 2 aromatic carbocycles. The predicted octanol–water partition coefficient (Wildman–Crippen LogP) is 3.78. The van der Waals surface area contributed by atoms with Gasteiger partial charge in [0, 0.05) is 49.6 Å². The number of Topliss-reactive ketones (excluding diaryl/α,β-unsaturated/α-hetero) is 1. The van der Waals surface area contributed by atoms with Gasteiger partial charge in [-0.25, -0.2) is 0 Å². The van der Waals surface area contributed by atoms with Crippen LogP contribution in [0, 0.1) is 5.92 Å². The lowest BCUT2D eigenvalue weighted by Gasteiger charge is -2.32. The van der Waals surface area contributed by atoms with Crippen molar-refractivity contribution in [2.75, 3.05) is 13.1 Å². The lowest BCUT2D eigenvalue weighted by Crippen LogP contribution is -2.42. The first-order valence-corrected chi connectivity index (χ1v) is 10.8. The summed E-state index contributed by atoms with van der Waals surface area (Å²) < 4.78 is 0. The Morgan fingerprint density at radius 1 is 1.07 bits per heavy atom. The highest BCUT2D eigenvalue weighted by Gasteiger charge is 2.30. The number of likely N-dealkylation sites (tertiary alicyclic amines) is 1.